The number of nitrogens with zero attached hydrogens (tertiary/aromatic N) is 3. The second-order valence-electron chi connectivity index (χ2n) is 9.73. The molecule has 208 valence electrons. The number of benzene rings is 3. The minimum Gasteiger partial charge on any atom is -0.360 e. The zero-order chi connectivity index (χ0) is 28.8. The van der Waals surface area contributed by atoms with Crippen LogP contribution in [0.4, 0.5) is 23.0 Å². The van der Waals surface area contributed by atoms with Gasteiger partial charge in [-0.05, 0) is 75.1 Å². The number of nitrogens with one attached hydrogen (secondary N) is 4. The van der Waals surface area contributed by atoms with Gasteiger partial charge in [0, 0.05) is 58.5 Å². The Morgan fingerprint density at radius 1 is 1.00 bits per heavy atom. The molecule has 0 aliphatic rings. The van der Waals surface area contributed by atoms with Crippen molar-refractivity contribution < 1.29 is 9.00 Å². The number of aromatic nitrogens is 3. The topological polar surface area (TPSA) is 115 Å². The average molecular weight is 566 g/mol. The van der Waals surface area contributed by atoms with Gasteiger partial charge in [-0.1, -0.05) is 30.3 Å². The minimum atomic E-state index is -1.51. The highest BCUT2D eigenvalue weighted by Crippen LogP contribution is 2.30. The maximum Gasteiger partial charge on any atom is 0.248 e. The van der Waals surface area contributed by atoms with Crippen LogP contribution >= 0.6 is 0 Å². The molecule has 0 bridgehead atoms. The molecule has 0 aliphatic carbocycles. The molecule has 41 heavy (non-hydrogen) atoms. The zero-order valence-electron chi connectivity index (χ0n) is 23.0. The highest BCUT2D eigenvalue weighted by Gasteiger charge is 2.12. The molecular formula is C31H31N7O2S. The maximum atomic E-state index is 13.0. The lowest BCUT2D eigenvalue weighted by Crippen LogP contribution is -2.13. The molecule has 3 aromatic carbocycles. The van der Waals surface area contributed by atoms with E-state index in [-0.39, 0.29) is 5.91 Å². The number of aromatic amines is 1. The molecule has 4 N–H and O–H groups in total. The summed E-state index contributed by atoms with van der Waals surface area (Å²) in [5.41, 5.74) is 5.93. The van der Waals surface area contributed by atoms with Gasteiger partial charge < -0.3 is 25.2 Å². The number of hydrogen-bond donors (Lipinski definition) is 4. The summed E-state index contributed by atoms with van der Waals surface area (Å²) in [6.45, 7) is 2.67. The van der Waals surface area contributed by atoms with Gasteiger partial charge in [0.2, 0.25) is 11.9 Å². The highest BCUT2D eigenvalue weighted by atomic mass is 32.2. The number of aryl methyl sites for hydroxylation is 1. The third-order valence-corrected chi connectivity index (χ3v) is 7.34. The van der Waals surface area contributed by atoms with Crippen LogP contribution in [0.25, 0.3) is 22.2 Å². The van der Waals surface area contributed by atoms with Crippen LogP contribution in [0.5, 0.6) is 0 Å². The number of fused-ring (bicyclic) bond motifs is 1. The van der Waals surface area contributed by atoms with Crippen molar-refractivity contribution in [3.63, 3.8) is 0 Å². The predicted octanol–water partition coefficient (Wildman–Crippen LogP) is 5.87. The lowest BCUT2D eigenvalue weighted by atomic mass is 10.1. The largest absolute Gasteiger partial charge is 0.360 e. The third-order valence-electron chi connectivity index (χ3n) is 6.22. The van der Waals surface area contributed by atoms with E-state index in [0.717, 1.165) is 33.4 Å². The third kappa shape index (κ3) is 7.05. The Morgan fingerprint density at radius 2 is 1.78 bits per heavy atom. The molecule has 0 saturated carbocycles. The molecule has 0 radical (unpaired) electrons. The van der Waals surface area contributed by atoms with Crippen molar-refractivity contribution in [2.75, 3.05) is 36.0 Å². The number of H-pyrrole nitrogens is 1. The van der Waals surface area contributed by atoms with Crippen LogP contribution in [-0.4, -0.2) is 50.6 Å². The first-order chi connectivity index (χ1) is 19.9. The fourth-order valence-corrected chi connectivity index (χ4v) is 5.06. The molecule has 9 nitrogen and oxygen atoms in total. The van der Waals surface area contributed by atoms with E-state index in [9.17, 15) is 9.00 Å². The number of carbonyl (C=O) groups is 1. The van der Waals surface area contributed by atoms with Gasteiger partial charge in [-0.2, -0.15) is 0 Å². The van der Waals surface area contributed by atoms with E-state index in [4.69, 9.17) is 4.98 Å². The van der Waals surface area contributed by atoms with Crippen LogP contribution in [0, 0.1) is 6.92 Å². The first kappa shape index (κ1) is 27.8. The van der Waals surface area contributed by atoms with Crippen molar-refractivity contribution in [3.8, 4) is 11.3 Å². The monoisotopic (exact) mass is 565 g/mol. The zero-order valence-corrected chi connectivity index (χ0v) is 23.8. The van der Waals surface area contributed by atoms with Gasteiger partial charge in [0.15, 0.2) is 0 Å². The van der Waals surface area contributed by atoms with E-state index in [1.807, 2.05) is 74.6 Å². The van der Waals surface area contributed by atoms with E-state index in [1.54, 1.807) is 36.5 Å². The number of carbonyl (C=O) groups excluding carboxylic acids is 1. The molecule has 2 heterocycles. The Kier molecular flexibility index (Phi) is 8.52. The van der Waals surface area contributed by atoms with Crippen molar-refractivity contribution >= 4 is 50.8 Å². The summed E-state index contributed by atoms with van der Waals surface area (Å²) < 4.78 is 16.0. The molecule has 10 heteroatoms. The normalized spacial score (nSPS) is 12.1. The molecular weight excluding hydrogens is 534 g/mol. The van der Waals surface area contributed by atoms with Gasteiger partial charge in [0.1, 0.15) is 11.0 Å². The van der Waals surface area contributed by atoms with Crippen molar-refractivity contribution in [2.45, 2.75) is 11.8 Å². The number of rotatable bonds is 10. The summed E-state index contributed by atoms with van der Waals surface area (Å²) in [5.74, 6) is 0.248. The lowest BCUT2D eigenvalue weighted by molar-refractivity contribution is -0.111. The SMILES string of the molecule is Cc1cnc(Nc2cccc(NS(=O)c3ccc(NC(=O)/C=C/CN(C)C)cc3)c2)nc1-c1c[nH]c2ccccc12. The van der Waals surface area contributed by atoms with Crippen molar-refractivity contribution in [3.05, 3.63) is 103 Å². The van der Waals surface area contributed by atoms with Gasteiger partial charge >= 0.3 is 0 Å². The smallest absolute Gasteiger partial charge is 0.248 e. The highest BCUT2D eigenvalue weighted by molar-refractivity contribution is 7.86. The average Bonchev–Trinajstić information content (AvgIpc) is 3.38. The van der Waals surface area contributed by atoms with Crippen molar-refractivity contribution in [1.29, 1.82) is 0 Å². The van der Waals surface area contributed by atoms with E-state index < -0.39 is 11.0 Å². The van der Waals surface area contributed by atoms with E-state index in [0.29, 0.717) is 28.8 Å². The van der Waals surface area contributed by atoms with Crippen molar-refractivity contribution in [2.24, 2.45) is 0 Å². The number of para-hydroxylation sites is 1. The van der Waals surface area contributed by atoms with E-state index in [2.05, 4.69) is 31.4 Å². The second-order valence-corrected chi connectivity index (χ2v) is 10.9. The summed E-state index contributed by atoms with van der Waals surface area (Å²) >= 11 is 0. The Labute approximate surface area is 241 Å². The minimum absolute atomic E-state index is 0.214. The maximum absolute atomic E-state index is 13.0. The van der Waals surface area contributed by atoms with Crippen LogP contribution in [0.3, 0.4) is 0 Å². The summed E-state index contributed by atoms with van der Waals surface area (Å²) in [6, 6.07) is 22.4. The predicted molar refractivity (Wildman–Crippen MR) is 167 cm³/mol. The van der Waals surface area contributed by atoms with Gasteiger partial charge in [-0.3, -0.25) is 4.79 Å². The molecule has 5 aromatic rings. The molecule has 5 rings (SSSR count). The molecule has 1 unspecified atom stereocenters. The molecule has 2 aromatic heterocycles. The van der Waals surface area contributed by atoms with Crippen molar-refractivity contribution in [1.82, 2.24) is 19.9 Å². The number of amides is 1. The van der Waals surface area contributed by atoms with E-state index >= 15 is 0 Å². The van der Waals surface area contributed by atoms with Crippen LogP contribution < -0.4 is 15.4 Å². The molecule has 1 amide bonds. The number of likely N-dealkylation sites (N-methyl/N-ethyl adjacent to an activating group) is 1. The summed E-state index contributed by atoms with van der Waals surface area (Å²) in [5, 5.41) is 7.16. The second kappa shape index (κ2) is 12.6. The Hall–Kier alpha value is -4.80. The van der Waals surface area contributed by atoms with E-state index in [1.165, 1.54) is 6.08 Å². The summed E-state index contributed by atoms with van der Waals surface area (Å²) in [4.78, 5) is 27.2. The fraction of sp³-hybridized carbons (Fsp3) is 0.129. The van der Waals surface area contributed by atoms with Crippen LogP contribution in [-0.2, 0) is 15.8 Å². The number of anilines is 4. The molecule has 1 atom stereocenters. The molecule has 0 fully saturated rings. The summed E-state index contributed by atoms with van der Waals surface area (Å²) in [6.07, 6.45) is 7.06. The van der Waals surface area contributed by atoms with Gasteiger partial charge in [-0.25, -0.2) is 14.2 Å². The van der Waals surface area contributed by atoms with Crippen LogP contribution in [0.1, 0.15) is 5.56 Å². The molecule has 0 aliphatic heterocycles. The Balaban J connectivity index is 1.24. The van der Waals surface area contributed by atoms with Gasteiger partial charge in [0.25, 0.3) is 0 Å². The fourth-order valence-electron chi connectivity index (χ4n) is 4.21. The Bertz CT molecular complexity index is 1730. The van der Waals surface area contributed by atoms with Gasteiger partial charge in [0.05, 0.1) is 10.6 Å². The first-order valence-corrected chi connectivity index (χ1v) is 14.2. The lowest BCUT2D eigenvalue weighted by Gasteiger charge is -2.11. The summed E-state index contributed by atoms with van der Waals surface area (Å²) in [7, 11) is 2.36. The molecule has 0 saturated heterocycles. The molecule has 0 spiro atoms. The quantitative estimate of drug-likeness (QED) is 0.158. The Morgan fingerprint density at radius 3 is 2.59 bits per heavy atom. The first-order valence-electron chi connectivity index (χ1n) is 13.0. The van der Waals surface area contributed by atoms with Gasteiger partial charge in [-0.15, -0.1) is 0 Å². The standard InChI is InChI=1S/C31H31N7O2S/c1-21-19-33-31(36-30(21)27-20-32-28-11-5-4-10-26(27)28)35-23-8-6-9-24(18-23)37-41(40)25-15-13-22(14-16-25)34-29(39)12-7-17-38(2)3/h4-16,18-20,32,37H,17H2,1-3H3,(H,34,39)(H,33,35,36)/b12-7+. The van der Waals surface area contributed by atoms with Crippen LogP contribution in [0.15, 0.2) is 102 Å². The van der Waals surface area contributed by atoms with Crippen LogP contribution in [0.2, 0.25) is 0 Å². The number of hydrogen-bond acceptors (Lipinski definition) is 6.